The van der Waals surface area contributed by atoms with Gasteiger partial charge < -0.3 is 10.1 Å². The lowest BCUT2D eigenvalue weighted by Gasteiger charge is -2.15. The monoisotopic (exact) mass is 557 g/mol. The second-order valence-electron chi connectivity index (χ2n) is 9.65. The number of fused-ring (bicyclic) bond motifs is 1. The van der Waals surface area contributed by atoms with Crippen molar-refractivity contribution in [2.45, 2.75) is 39.8 Å². The predicted octanol–water partition coefficient (Wildman–Crippen LogP) is 4.59. The molecule has 0 spiro atoms. The number of methoxy groups -OCH3 is 1. The maximum Gasteiger partial charge on any atom is 0.254 e. The van der Waals surface area contributed by atoms with Crippen LogP contribution in [0.15, 0.2) is 61.1 Å². The first-order valence-corrected chi connectivity index (χ1v) is 13.1. The van der Waals surface area contributed by atoms with E-state index in [0.29, 0.717) is 34.0 Å². The molecule has 1 aromatic carbocycles. The van der Waals surface area contributed by atoms with Crippen LogP contribution in [0.5, 0.6) is 5.88 Å². The smallest absolute Gasteiger partial charge is 0.254 e. The summed E-state index contributed by atoms with van der Waals surface area (Å²) >= 11 is 6.37. The highest BCUT2D eigenvalue weighted by Crippen LogP contribution is 2.28. The number of aryl methyl sites for hydroxylation is 1. The van der Waals surface area contributed by atoms with E-state index in [9.17, 15) is 9.59 Å². The lowest BCUT2D eigenvalue weighted by molar-refractivity contribution is 0.0943. The zero-order valence-electron chi connectivity index (χ0n) is 22.6. The second-order valence-corrected chi connectivity index (χ2v) is 10.1. The van der Waals surface area contributed by atoms with E-state index in [1.54, 1.807) is 29.2 Å². The van der Waals surface area contributed by atoms with Gasteiger partial charge in [-0.1, -0.05) is 17.7 Å². The van der Waals surface area contributed by atoms with Crippen LogP contribution in [-0.2, 0) is 13.0 Å². The highest BCUT2D eigenvalue weighted by Gasteiger charge is 2.26. The summed E-state index contributed by atoms with van der Waals surface area (Å²) in [5.41, 5.74) is 3.32. The Morgan fingerprint density at radius 2 is 1.88 bits per heavy atom. The molecule has 1 amide bonds. The third-order valence-corrected chi connectivity index (χ3v) is 6.63. The number of ether oxygens (including phenoxy) is 1. The van der Waals surface area contributed by atoms with E-state index in [1.807, 2.05) is 51.2 Å². The fourth-order valence-electron chi connectivity index (χ4n) is 4.55. The molecule has 204 valence electrons. The first kappa shape index (κ1) is 27.0. The van der Waals surface area contributed by atoms with Crippen LogP contribution in [0.3, 0.4) is 0 Å². The Kier molecular flexibility index (Phi) is 7.61. The molecule has 5 rings (SSSR count). The van der Waals surface area contributed by atoms with E-state index in [4.69, 9.17) is 21.4 Å². The maximum atomic E-state index is 13.8. The van der Waals surface area contributed by atoms with Crippen LogP contribution in [0.25, 0.3) is 16.7 Å². The first-order valence-electron chi connectivity index (χ1n) is 12.7. The van der Waals surface area contributed by atoms with E-state index >= 15 is 0 Å². The van der Waals surface area contributed by atoms with Gasteiger partial charge in [0, 0.05) is 42.5 Å². The van der Waals surface area contributed by atoms with Gasteiger partial charge in [0.2, 0.25) is 5.88 Å². The quantitative estimate of drug-likeness (QED) is 0.263. The van der Waals surface area contributed by atoms with Gasteiger partial charge in [0.25, 0.3) is 5.91 Å². The van der Waals surface area contributed by atoms with Crippen LogP contribution >= 0.6 is 11.6 Å². The zero-order chi connectivity index (χ0) is 28.4. The number of hydrogen-bond donors (Lipinski definition) is 1. The highest BCUT2D eigenvalue weighted by molar-refractivity contribution is 6.32. The molecule has 0 bridgehead atoms. The minimum absolute atomic E-state index is 0.0744. The van der Waals surface area contributed by atoms with Gasteiger partial charge in [0.1, 0.15) is 11.2 Å². The number of carbonyl (C=O) groups excluding carboxylic acids is 2. The average Bonchev–Trinajstić information content (AvgIpc) is 3.53. The normalized spacial score (nSPS) is 11.2. The molecule has 10 nitrogen and oxygen atoms in total. The SMILES string of the molecule is COc1cc(C(=O)Cc2c(C)cc3cn(Cc4ccccn4)nc3c2C(=O)NC(C)C)n(-c2ncccc2Cl)n1. The van der Waals surface area contributed by atoms with E-state index in [0.717, 1.165) is 16.6 Å². The van der Waals surface area contributed by atoms with E-state index in [2.05, 4.69) is 20.4 Å². The molecule has 1 N–H and O–H groups in total. The van der Waals surface area contributed by atoms with Crippen LogP contribution in [0.1, 0.15) is 51.5 Å². The molecule has 40 heavy (non-hydrogen) atoms. The molecule has 0 saturated carbocycles. The van der Waals surface area contributed by atoms with Crippen molar-refractivity contribution in [1.82, 2.24) is 34.8 Å². The lowest BCUT2D eigenvalue weighted by atomic mass is 9.93. The molecule has 4 heterocycles. The minimum atomic E-state index is -0.298. The van der Waals surface area contributed by atoms with Crippen molar-refractivity contribution in [2.24, 2.45) is 0 Å². The Balaban J connectivity index is 1.59. The topological polar surface area (TPSA) is 117 Å². The summed E-state index contributed by atoms with van der Waals surface area (Å²) in [6, 6.07) is 12.4. The number of pyridine rings is 2. The number of halogens is 1. The van der Waals surface area contributed by atoms with Gasteiger partial charge in [-0.05, 0) is 62.2 Å². The molecule has 0 fully saturated rings. The maximum absolute atomic E-state index is 13.8. The number of benzene rings is 1. The second kappa shape index (κ2) is 11.3. The van der Waals surface area contributed by atoms with Crippen molar-refractivity contribution < 1.29 is 14.3 Å². The van der Waals surface area contributed by atoms with Crippen LogP contribution in [0.2, 0.25) is 5.02 Å². The number of amides is 1. The van der Waals surface area contributed by atoms with Crippen molar-refractivity contribution >= 4 is 34.2 Å². The lowest BCUT2D eigenvalue weighted by Crippen LogP contribution is -2.31. The minimum Gasteiger partial charge on any atom is -0.480 e. The van der Waals surface area contributed by atoms with Gasteiger partial charge in [0.05, 0.1) is 29.9 Å². The van der Waals surface area contributed by atoms with Crippen molar-refractivity contribution in [1.29, 1.82) is 0 Å². The van der Waals surface area contributed by atoms with Crippen LogP contribution in [0, 0.1) is 6.92 Å². The number of Topliss-reactive ketones (excluding diaryl/α,β-unsaturated/α-hetero) is 1. The number of rotatable bonds is 9. The molecule has 0 atom stereocenters. The van der Waals surface area contributed by atoms with Crippen molar-refractivity contribution in [3.8, 4) is 11.7 Å². The van der Waals surface area contributed by atoms with Crippen molar-refractivity contribution in [2.75, 3.05) is 7.11 Å². The summed E-state index contributed by atoms with van der Waals surface area (Å²) in [4.78, 5) is 36.1. The summed E-state index contributed by atoms with van der Waals surface area (Å²) in [5, 5.41) is 13.2. The largest absolute Gasteiger partial charge is 0.480 e. The Morgan fingerprint density at radius 3 is 2.58 bits per heavy atom. The Labute approximate surface area is 236 Å². The molecular formula is C29H28ClN7O3. The third kappa shape index (κ3) is 5.43. The summed E-state index contributed by atoms with van der Waals surface area (Å²) in [6.07, 6.45) is 5.11. The first-order chi connectivity index (χ1) is 19.2. The van der Waals surface area contributed by atoms with Gasteiger partial charge in [-0.3, -0.25) is 19.3 Å². The zero-order valence-corrected chi connectivity index (χ0v) is 23.3. The number of nitrogens with one attached hydrogen (secondary N) is 1. The molecule has 0 radical (unpaired) electrons. The molecule has 0 aliphatic rings. The van der Waals surface area contributed by atoms with E-state index in [-0.39, 0.29) is 35.7 Å². The number of hydrogen-bond acceptors (Lipinski definition) is 7. The molecule has 11 heteroatoms. The van der Waals surface area contributed by atoms with E-state index in [1.165, 1.54) is 17.9 Å². The Bertz CT molecular complexity index is 1710. The van der Waals surface area contributed by atoms with E-state index < -0.39 is 0 Å². The fourth-order valence-corrected chi connectivity index (χ4v) is 4.75. The fraction of sp³-hybridized carbons (Fsp3) is 0.241. The molecule has 5 aromatic rings. The summed E-state index contributed by atoms with van der Waals surface area (Å²) in [7, 11) is 1.47. The predicted molar refractivity (Wildman–Crippen MR) is 151 cm³/mol. The highest BCUT2D eigenvalue weighted by atomic mass is 35.5. The van der Waals surface area contributed by atoms with Gasteiger partial charge in [-0.2, -0.15) is 5.10 Å². The van der Waals surface area contributed by atoms with Crippen LogP contribution < -0.4 is 10.1 Å². The summed E-state index contributed by atoms with van der Waals surface area (Å²) in [6.45, 7) is 6.10. The van der Waals surface area contributed by atoms with Gasteiger partial charge in [0.15, 0.2) is 11.6 Å². The summed E-state index contributed by atoms with van der Waals surface area (Å²) < 4.78 is 8.42. The van der Waals surface area contributed by atoms with Crippen LogP contribution in [-0.4, -0.2) is 54.4 Å². The third-order valence-electron chi connectivity index (χ3n) is 6.33. The summed E-state index contributed by atoms with van der Waals surface area (Å²) in [5.74, 6) is -0.0442. The standard InChI is InChI=1S/C29H28ClN7O3/c1-17(2)33-29(39)26-21(18(3)12-19-15-36(35-27(19)26)16-20-8-5-6-10-31-20)13-24(38)23-14-25(40-4)34-37(23)28-22(30)9-7-11-32-28/h5-12,14-15,17H,13,16H2,1-4H3,(H,33,39). The molecule has 0 unspecified atom stereocenters. The number of nitrogens with zero attached hydrogens (tertiary/aromatic N) is 6. The number of aromatic nitrogens is 6. The van der Waals surface area contributed by atoms with Crippen LogP contribution in [0.4, 0.5) is 0 Å². The van der Waals surface area contributed by atoms with Gasteiger partial charge in [-0.15, -0.1) is 5.10 Å². The van der Waals surface area contributed by atoms with Gasteiger partial charge in [-0.25, -0.2) is 9.67 Å². The van der Waals surface area contributed by atoms with Crippen molar-refractivity contribution in [3.63, 3.8) is 0 Å². The number of ketones is 1. The Hall–Kier alpha value is -4.57. The molecule has 0 saturated heterocycles. The molecular weight excluding hydrogens is 530 g/mol. The Morgan fingerprint density at radius 1 is 1.07 bits per heavy atom. The molecule has 0 aliphatic carbocycles. The van der Waals surface area contributed by atoms with Crippen molar-refractivity contribution in [3.05, 3.63) is 94.2 Å². The number of carbonyl (C=O) groups is 2. The van der Waals surface area contributed by atoms with Gasteiger partial charge >= 0.3 is 0 Å². The molecule has 0 aliphatic heterocycles. The molecule has 4 aromatic heterocycles. The average molecular weight is 558 g/mol.